The smallest absolute Gasteiger partial charge is 0.303 e. The van der Waals surface area contributed by atoms with E-state index in [-0.39, 0.29) is 42.3 Å². The fraction of sp³-hybridized carbons (Fsp3) is 0.788. The maximum Gasteiger partial charge on any atom is 0.303 e. The lowest BCUT2D eigenvalue weighted by atomic mass is 9.42. The number of aliphatic hydroxyl groups is 1. The highest BCUT2D eigenvalue weighted by molar-refractivity contribution is 6.01. The van der Waals surface area contributed by atoms with Gasteiger partial charge >= 0.3 is 5.97 Å². The molecule has 6 nitrogen and oxygen atoms in total. The Labute approximate surface area is 239 Å². The number of hydrogen-bond acceptors (Lipinski definition) is 6. The number of carbonyl (C=O) groups excluding carboxylic acids is 3. The molecule has 40 heavy (non-hydrogen) atoms. The molecule has 0 spiro atoms. The van der Waals surface area contributed by atoms with Crippen LogP contribution in [0.5, 0.6) is 0 Å². The fourth-order valence-electron chi connectivity index (χ4n) is 9.68. The van der Waals surface area contributed by atoms with Crippen molar-refractivity contribution in [1.29, 1.82) is 0 Å². The predicted octanol–water partition coefficient (Wildman–Crippen LogP) is 5.34. The van der Waals surface area contributed by atoms with Gasteiger partial charge < -0.3 is 14.7 Å². The molecule has 9 atom stereocenters. The summed E-state index contributed by atoms with van der Waals surface area (Å²) in [5.74, 6) is -0.698. The molecule has 0 radical (unpaired) electrons. The molecular formula is C33H50FNO5. The number of ether oxygens (including phenoxy) is 1. The van der Waals surface area contributed by atoms with Crippen LogP contribution < -0.4 is 0 Å². The molecule has 7 heteroatoms. The predicted molar refractivity (Wildman–Crippen MR) is 153 cm³/mol. The third kappa shape index (κ3) is 4.28. The summed E-state index contributed by atoms with van der Waals surface area (Å²) >= 11 is 0. The van der Waals surface area contributed by atoms with Crippen LogP contribution in [-0.2, 0) is 19.1 Å². The van der Waals surface area contributed by atoms with Gasteiger partial charge in [-0.2, -0.15) is 0 Å². The topological polar surface area (TPSA) is 83.9 Å². The highest BCUT2D eigenvalue weighted by atomic mass is 19.1. The van der Waals surface area contributed by atoms with Crippen LogP contribution in [0.1, 0.15) is 81.1 Å². The Balaban J connectivity index is 0.00000181. The normalized spacial score (nSPS) is 43.6. The second kappa shape index (κ2) is 10.8. The number of halogens is 1. The van der Waals surface area contributed by atoms with Crippen molar-refractivity contribution in [3.63, 3.8) is 0 Å². The minimum atomic E-state index is -1.93. The van der Waals surface area contributed by atoms with E-state index < -0.39 is 39.9 Å². The lowest BCUT2D eigenvalue weighted by Crippen LogP contribution is -2.69. The number of fused-ring (bicyclic) bond motifs is 7. The quantitative estimate of drug-likeness (QED) is 0.443. The van der Waals surface area contributed by atoms with Gasteiger partial charge in [-0.1, -0.05) is 53.2 Å². The summed E-state index contributed by atoms with van der Waals surface area (Å²) in [6.45, 7) is 17.6. The van der Waals surface area contributed by atoms with Crippen molar-refractivity contribution in [2.24, 2.45) is 45.8 Å². The number of allylic oxidation sites excluding steroid dienone is 4. The van der Waals surface area contributed by atoms with Gasteiger partial charge in [0.2, 0.25) is 0 Å². The van der Waals surface area contributed by atoms with E-state index in [1.807, 2.05) is 20.8 Å². The Morgan fingerprint density at radius 2 is 1.88 bits per heavy atom. The van der Waals surface area contributed by atoms with E-state index in [9.17, 15) is 19.5 Å². The van der Waals surface area contributed by atoms with Crippen LogP contribution in [-0.4, -0.2) is 65.6 Å². The van der Waals surface area contributed by atoms with E-state index in [0.29, 0.717) is 25.3 Å². The molecule has 3 saturated carbocycles. The number of hydrogen-bond donors (Lipinski definition) is 1. The average Bonchev–Trinajstić information content (AvgIpc) is 3.38. The van der Waals surface area contributed by atoms with E-state index in [1.165, 1.54) is 13.0 Å². The van der Waals surface area contributed by atoms with Gasteiger partial charge in [-0.3, -0.25) is 14.4 Å². The SMILES string of the molecule is CC.CC(=O)OCC(=O)[C@@]12CN(CCC(C)C)C[C@@H]1CC1[C@@H]3C[C@H](C)C4=CC(=O)C=C[C@]4(C)[C@@]3(F)[C@@H](O)C[C@@]12C. The number of carbonyl (C=O) groups is 3. The second-order valence-corrected chi connectivity index (χ2v) is 13.8. The third-order valence-corrected chi connectivity index (χ3v) is 11.5. The molecule has 0 bridgehead atoms. The molecule has 5 rings (SSSR count). The first-order valence-corrected chi connectivity index (χ1v) is 15.4. The largest absolute Gasteiger partial charge is 0.458 e. The standard InChI is InChI=1S/C31H44FNO5.C2H6/c1-18(2)8-10-33-15-21-12-24-25-11-19(3)23-13-22(35)7-9-28(23,5)31(25,32)26(36)14-29(24,6)30(21,17-33)27(37)16-38-20(4)34;1-2/h7,9,13,18-19,21,24-26,36H,8,10-12,14-17H2,1-6H3;1-2H3/t19-,21-,24?,25-,26-,28-,29-,30+,31-;/m0./s1. The first-order chi connectivity index (χ1) is 18.7. The number of aliphatic hydroxyl groups excluding tert-OH is 1. The van der Waals surface area contributed by atoms with Crippen LogP contribution in [0.4, 0.5) is 4.39 Å². The van der Waals surface area contributed by atoms with Gasteiger partial charge in [0.15, 0.2) is 23.8 Å². The van der Waals surface area contributed by atoms with Gasteiger partial charge in [0.1, 0.15) is 0 Å². The molecule has 1 heterocycles. The number of alkyl halides is 1. The molecule has 224 valence electrons. The molecule has 1 unspecified atom stereocenters. The Morgan fingerprint density at radius 1 is 1.20 bits per heavy atom. The van der Waals surface area contributed by atoms with Crippen molar-refractivity contribution in [1.82, 2.24) is 4.90 Å². The van der Waals surface area contributed by atoms with E-state index in [1.54, 1.807) is 12.2 Å². The summed E-state index contributed by atoms with van der Waals surface area (Å²) in [5.41, 5.74) is -3.66. The van der Waals surface area contributed by atoms with Gasteiger partial charge in [0.05, 0.1) is 11.5 Å². The molecule has 0 aromatic heterocycles. The van der Waals surface area contributed by atoms with Gasteiger partial charge in [-0.05, 0) is 80.4 Å². The van der Waals surface area contributed by atoms with E-state index in [0.717, 1.165) is 25.1 Å². The molecule has 1 saturated heterocycles. The average molecular weight is 560 g/mol. The summed E-state index contributed by atoms with van der Waals surface area (Å²) in [5, 5.41) is 11.8. The molecule has 0 aromatic carbocycles. The fourth-order valence-corrected chi connectivity index (χ4v) is 9.68. The lowest BCUT2D eigenvalue weighted by molar-refractivity contribution is -0.211. The zero-order chi connectivity index (χ0) is 29.8. The van der Waals surface area contributed by atoms with Crippen molar-refractivity contribution >= 4 is 17.5 Å². The number of likely N-dealkylation sites (tertiary alicyclic amines) is 1. The number of rotatable bonds is 6. The maximum absolute atomic E-state index is 17.7. The molecule has 0 aromatic rings. The summed E-state index contributed by atoms with van der Waals surface area (Å²) in [6.07, 6.45) is 5.87. The molecule has 4 aliphatic carbocycles. The van der Waals surface area contributed by atoms with Crippen LogP contribution in [0.25, 0.3) is 0 Å². The number of ketones is 2. The lowest BCUT2D eigenvalue weighted by Gasteiger charge is -2.64. The van der Waals surface area contributed by atoms with Crippen LogP contribution >= 0.6 is 0 Å². The first kappa shape index (κ1) is 31.1. The van der Waals surface area contributed by atoms with Gasteiger partial charge in [0, 0.05) is 31.3 Å². The summed E-state index contributed by atoms with van der Waals surface area (Å²) in [6, 6.07) is 0. The Kier molecular flexibility index (Phi) is 8.36. The van der Waals surface area contributed by atoms with E-state index in [2.05, 4.69) is 32.6 Å². The van der Waals surface area contributed by atoms with Crippen molar-refractivity contribution in [3.8, 4) is 0 Å². The maximum atomic E-state index is 17.7. The first-order valence-electron chi connectivity index (χ1n) is 15.4. The van der Waals surface area contributed by atoms with Gasteiger partial charge in [-0.25, -0.2) is 4.39 Å². The van der Waals surface area contributed by atoms with Crippen molar-refractivity contribution in [2.45, 2.75) is 92.8 Å². The highest BCUT2D eigenvalue weighted by Gasteiger charge is 2.77. The van der Waals surface area contributed by atoms with Gasteiger partial charge in [0.25, 0.3) is 0 Å². The summed E-state index contributed by atoms with van der Waals surface area (Å²) in [7, 11) is 0. The van der Waals surface area contributed by atoms with Gasteiger partial charge in [-0.15, -0.1) is 0 Å². The second-order valence-electron chi connectivity index (χ2n) is 13.8. The van der Waals surface area contributed by atoms with Crippen molar-refractivity contribution in [2.75, 3.05) is 26.2 Å². The Morgan fingerprint density at radius 3 is 2.50 bits per heavy atom. The zero-order valence-electron chi connectivity index (χ0n) is 25.8. The zero-order valence-corrected chi connectivity index (χ0v) is 25.8. The monoisotopic (exact) mass is 559 g/mol. The van der Waals surface area contributed by atoms with E-state index in [4.69, 9.17) is 4.74 Å². The molecule has 5 aliphatic rings. The Bertz CT molecular complexity index is 1100. The van der Waals surface area contributed by atoms with Crippen LogP contribution in [0, 0.1) is 45.8 Å². The molecule has 1 aliphatic heterocycles. The molecule has 4 fully saturated rings. The number of esters is 1. The van der Waals surface area contributed by atoms with Crippen LogP contribution in [0.15, 0.2) is 23.8 Å². The number of nitrogens with zero attached hydrogens (tertiary/aromatic N) is 1. The third-order valence-electron chi connectivity index (χ3n) is 11.5. The van der Waals surface area contributed by atoms with E-state index >= 15 is 4.39 Å². The van der Waals surface area contributed by atoms with Crippen LogP contribution in [0.2, 0.25) is 0 Å². The number of Topliss-reactive ketones (excluding diaryl/α,β-unsaturated/α-hetero) is 1. The minimum absolute atomic E-state index is 0.00648. The Hall–Kier alpha value is -1.86. The van der Waals surface area contributed by atoms with Crippen molar-refractivity contribution in [3.05, 3.63) is 23.8 Å². The summed E-state index contributed by atoms with van der Waals surface area (Å²) < 4.78 is 22.9. The molecule has 0 amide bonds. The van der Waals surface area contributed by atoms with Crippen molar-refractivity contribution < 1.29 is 28.6 Å². The van der Waals surface area contributed by atoms with Crippen LogP contribution in [0.3, 0.4) is 0 Å². The molecular weight excluding hydrogens is 509 g/mol. The highest BCUT2D eigenvalue weighted by Crippen LogP contribution is 2.74. The molecule has 1 N–H and O–H groups in total. The summed E-state index contributed by atoms with van der Waals surface area (Å²) in [4.78, 5) is 40.4. The minimum Gasteiger partial charge on any atom is -0.458 e.